The Morgan fingerprint density at radius 3 is 2.56 bits per heavy atom. The molecule has 0 aliphatic rings. The molecular weight excluding hydrogens is 322 g/mol. The Bertz CT molecular complexity index is 746. The van der Waals surface area contributed by atoms with Gasteiger partial charge in [0.2, 0.25) is 5.75 Å². The van der Waals surface area contributed by atoms with E-state index in [1.54, 1.807) is 0 Å². The summed E-state index contributed by atoms with van der Waals surface area (Å²) in [6, 6.07) is 10.5. The quantitative estimate of drug-likeness (QED) is 0.607. The maximum Gasteiger partial charge on any atom is 0.406 e. The van der Waals surface area contributed by atoms with Crippen LogP contribution in [0.3, 0.4) is 0 Å². The van der Waals surface area contributed by atoms with Gasteiger partial charge in [0.1, 0.15) is 6.20 Å². The standard InChI is InChI=1S/C18H21N3O4/c1-4-12(2)14-7-9-15(10-8-14)20-18(22)13(3)25-16-6-5-11-19-17(16)21(23)24/h5-13H,4H2,1-3H3,(H,20,22). The number of amides is 1. The lowest BCUT2D eigenvalue weighted by atomic mass is 9.99. The zero-order valence-corrected chi connectivity index (χ0v) is 14.4. The first kappa shape index (κ1) is 18.4. The third kappa shape index (κ3) is 4.76. The Kier molecular flexibility index (Phi) is 6.05. The summed E-state index contributed by atoms with van der Waals surface area (Å²) in [5.41, 5.74) is 1.85. The number of rotatable bonds is 7. The minimum Gasteiger partial charge on any atom is -0.473 e. The predicted octanol–water partition coefficient (Wildman–Crippen LogP) is 3.91. The van der Waals surface area contributed by atoms with Gasteiger partial charge in [0.15, 0.2) is 6.10 Å². The van der Waals surface area contributed by atoms with Gasteiger partial charge in [0.25, 0.3) is 5.91 Å². The van der Waals surface area contributed by atoms with Crippen molar-refractivity contribution >= 4 is 17.4 Å². The Hall–Kier alpha value is -2.96. The van der Waals surface area contributed by atoms with Crippen molar-refractivity contribution in [2.75, 3.05) is 5.32 Å². The zero-order chi connectivity index (χ0) is 18.4. The highest BCUT2D eigenvalue weighted by atomic mass is 16.6. The average molecular weight is 343 g/mol. The van der Waals surface area contributed by atoms with Crippen molar-refractivity contribution in [1.82, 2.24) is 4.98 Å². The van der Waals surface area contributed by atoms with E-state index in [4.69, 9.17) is 4.74 Å². The number of nitro groups is 1. The highest BCUT2D eigenvalue weighted by Crippen LogP contribution is 2.24. The van der Waals surface area contributed by atoms with Crippen LogP contribution in [0.2, 0.25) is 0 Å². The molecule has 0 saturated carbocycles. The molecule has 2 rings (SSSR count). The number of hydrogen-bond acceptors (Lipinski definition) is 5. The van der Waals surface area contributed by atoms with E-state index in [0.29, 0.717) is 11.6 Å². The van der Waals surface area contributed by atoms with Gasteiger partial charge in [-0.2, -0.15) is 0 Å². The number of pyridine rings is 1. The first-order valence-corrected chi connectivity index (χ1v) is 8.09. The Labute approximate surface area is 146 Å². The number of carbonyl (C=O) groups excluding carboxylic acids is 1. The number of hydrogen-bond donors (Lipinski definition) is 1. The summed E-state index contributed by atoms with van der Waals surface area (Å²) < 4.78 is 5.40. The van der Waals surface area contributed by atoms with Crippen molar-refractivity contribution in [3.8, 4) is 5.75 Å². The van der Waals surface area contributed by atoms with E-state index < -0.39 is 22.8 Å². The van der Waals surface area contributed by atoms with Gasteiger partial charge in [-0.25, -0.2) is 0 Å². The van der Waals surface area contributed by atoms with Crippen LogP contribution < -0.4 is 10.1 Å². The molecule has 2 atom stereocenters. The summed E-state index contributed by atoms with van der Waals surface area (Å²) in [4.78, 5) is 26.2. The maximum absolute atomic E-state index is 12.2. The van der Waals surface area contributed by atoms with Crippen LogP contribution in [0.15, 0.2) is 42.6 Å². The summed E-state index contributed by atoms with van der Waals surface area (Å²) in [6.45, 7) is 5.79. The van der Waals surface area contributed by atoms with Gasteiger partial charge in [-0.1, -0.05) is 26.0 Å². The highest BCUT2D eigenvalue weighted by molar-refractivity contribution is 5.94. The van der Waals surface area contributed by atoms with Crippen LogP contribution in [0.1, 0.15) is 38.7 Å². The largest absolute Gasteiger partial charge is 0.473 e. The van der Waals surface area contributed by atoms with E-state index >= 15 is 0 Å². The minimum absolute atomic E-state index is 0.0396. The van der Waals surface area contributed by atoms with E-state index in [2.05, 4.69) is 24.1 Å². The van der Waals surface area contributed by atoms with E-state index in [1.807, 2.05) is 24.3 Å². The third-order valence-electron chi connectivity index (χ3n) is 3.96. The minimum atomic E-state index is -0.905. The monoisotopic (exact) mass is 343 g/mol. The molecule has 7 nitrogen and oxygen atoms in total. The molecule has 1 heterocycles. The second-order valence-electron chi connectivity index (χ2n) is 5.76. The van der Waals surface area contributed by atoms with Crippen molar-refractivity contribution in [1.29, 1.82) is 0 Å². The maximum atomic E-state index is 12.2. The van der Waals surface area contributed by atoms with Crippen molar-refractivity contribution in [3.63, 3.8) is 0 Å². The van der Waals surface area contributed by atoms with E-state index in [9.17, 15) is 14.9 Å². The van der Waals surface area contributed by atoms with Crippen LogP contribution in [-0.4, -0.2) is 21.9 Å². The summed E-state index contributed by atoms with van der Waals surface area (Å²) in [5, 5.41) is 13.7. The van der Waals surface area contributed by atoms with Gasteiger partial charge < -0.3 is 20.2 Å². The van der Waals surface area contributed by atoms with Crippen LogP contribution in [0, 0.1) is 10.1 Å². The molecular formula is C18H21N3O4. The first-order chi connectivity index (χ1) is 11.9. The van der Waals surface area contributed by atoms with E-state index in [1.165, 1.54) is 30.8 Å². The van der Waals surface area contributed by atoms with Crippen molar-refractivity contribution in [2.24, 2.45) is 0 Å². The number of benzene rings is 1. The van der Waals surface area contributed by atoms with Gasteiger partial charge in [-0.15, -0.1) is 0 Å². The number of nitrogens with one attached hydrogen (secondary N) is 1. The van der Waals surface area contributed by atoms with Crippen LogP contribution in [-0.2, 0) is 4.79 Å². The number of nitrogens with zero attached hydrogens (tertiary/aromatic N) is 2. The fourth-order valence-corrected chi connectivity index (χ4v) is 2.23. The van der Waals surface area contributed by atoms with Gasteiger partial charge in [0, 0.05) is 5.69 Å². The van der Waals surface area contributed by atoms with Crippen LogP contribution in [0.5, 0.6) is 5.75 Å². The van der Waals surface area contributed by atoms with Gasteiger partial charge in [0.05, 0.1) is 0 Å². The number of anilines is 1. The van der Waals surface area contributed by atoms with E-state index in [0.717, 1.165) is 6.42 Å². The Balaban J connectivity index is 2.02. The first-order valence-electron chi connectivity index (χ1n) is 8.09. The molecule has 1 amide bonds. The summed E-state index contributed by atoms with van der Waals surface area (Å²) in [5.74, 6) is -0.394. The fraction of sp³-hybridized carbons (Fsp3) is 0.333. The average Bonchev–Trinajstić information content (AvgIpc) is 2.61. The Morgan fingerprint density at radius 1 is 1.28 bits per heavy atom. The topological polar surface area (TPSA) is 94.4 Å². The van der Waals surface area contributed by atoms with Gasteiger partial charge in [-0.05, 0) is 59.0 Å². The van der Waals surface area contributed by atoms with Crippen molar-refractivity contribution in [2.45, 2.75) is 39.2 Å². The summed E-state index contributed by atoms with van der Waals surface area (Å²) >= 11 is 0. The van der Waals surface area contributed by atoms with Crippen LogP contribution in [0.4, 0.5) is 11.5 Å². The molecule has 1 N–H and O–H groups in total. The molecule has 0 spiro atoms. The van der Waals surface area contributed by atoms with Crippen molar-refractivity contribution in [3.05, 3.63) is 58.3 Å². The lowest BCUT2D eigenvalue weighted by molar-refractivity contribution is -0.390. The molecule has 2 unspecified atom stereocenters. The number of aromatic nitrogens is 1. The molecule has 25 heavy (non-hydrogen) atoms. The molecule has 0 saturated heterocycles. The Morgan fingerprint density at radius 2 is 1.96 bits per heavy atom. The third-order valence-corrected chi connectivity index (χ3v) is 3.96. The van der Waals surface area contributed by atoms with E-state index in [-0.39, 0.29) is 5.75 Å². The smallest absolute Gasteiger partial charge is 0.406 e. The zero-order valence-electron chi connectivity index (χ0n) is 14.4. The SMILES string of the molecule is CCC(C)c1ccc(NC(=O)C(C)Oc2cccnc2[N+](=O)[O-])cc1. The lowest BCUT2D eigenvalue weighted by Gasteiger charge is -2.15. The van der Waals surface area contributed by atoms with Gasteiger partial charge in [-0.3, -0.25) is 4.79 Å². The molecule has 0 radical (unpaired) electrons. The molecule has 0 fully saturated rings. The molecule has 1 aromatic heterocycles. The molecule has 0 aliphatic carbocycles. The highest BCUT2D eigenvalue weighted by Gasteiger charge is 2.21. The molecule has 0 bridgehead atoms. The summed E-state index contributed by atoms with van der Waals surface area (Å²) in [7, 11) is 0. The second-order valence-corrected chi connectivity index (χ2v) is 5.76. The number of ether oxygens (including phenoxy) is 1. The molecule has 7 heteroatoms. The van der Waals surface area contributed by atoms with Crippen molar-refractivity contribution < 1.29 is 14.5 Å². The second kappa shape index (κ2) is 8.23. The molecule has 2 aromatic rings. The van der Waals surface area contributed by atoms with Crippen LogP contribution >= 0.6 is 0 Å². The fourth-order valence-electron chi connectivity index (χ4n) is 2.23. The summed E-state index contributed by atoms with van der Waals surface area (Å²) in [6.07, 6.45) is 1.44. The molecule has 0 aliphatic heterocycles. The molecule has 1 aromatic carbocycles. The molecule has 132 valence electrons. The number of carbonyl (C=O) groups is 1. The normalized spacial score (nSPS) is 12.9. The van der Waals surface area contributed by atoms with Crippen LogP contribution in [0.25, 0.3) is 0 Å². The van der Waals surface area contributed by atoms with Gasteiger partial charge >= 0.3 is 5.82 Å². The predicted molar refractivity (Wildman–Crippen MR) is 94.8 cm³/mol. The lowest BCUT2D eigenvalue weighted by Crippen LogP contribution is -2.30.